The van der Waals surface area contributed by atoms with Crippen molar-refractivity contribution in [2.45, 2.75) is 26.0 Å². The standard InChI is InChI=1S/C13H17BrFNO/c1-9-4-5-16(8-13(9)17)7-10-6-11(15)2-3-12(10)14/h2-3,6,9,13,17H,4-5,7-8H2,1H3. The summed E-state index contributed by atoms with van der Waals surface area (Å²) in [5.74, 6) is 0.149. The quantitative estimate of drug-likeness (QED) is 0.908. The molecule has 2 unspecified atom stereocenters. The molecule has 1 aliphatic rings. The zero-order valence-corrected chi connectivity index (χ0v) is 11.5. The molecule has 1 N–H and O–H groups in total. The summed E-state index contributed by atoms with van der Waals surface area (Å²) in [6, 6.07) is 4.73. The van der Waals surface area contributed by atoms with Crippen LogP contribution in [0.2, 0.25) is 0 Å². The summed E-state index contributed by atoms with van der Waals surface area (Å²) >= 11 is 3.43. The van der Waals surface area contributed by atoms with Gasteiger partial charge < -0.3 is 5.11 Å². The summed E-state index contributed by atoms with van der Waals surface area (Å²) in [5.41, 5.74) is 0.937. The molecule has 1 fully saturated rings. The zero-order chi connectivity index (χ0) is 12.4. The molecule has 1 aliphatic heterocycles. The van der Waals surface area contributed by atoms with Crippen LogP contribution in [0.5, 0.6) is 0 Å². The monoisotopic (exact) mass is 301 g/mol. The first-order valence-electron chi connectivity index (χ1n) is 5.90. The molecule has 1 saturated heterocycles. The Morgan fingerprint density at radius 3 is 3.00 bits per heavy atom. The van der Waals surface area contributed by atoms with Crippen LogP contribution in [0.4, 0.5) is 4.39 Å². The summed E-state index contributed by atoms with van der Waals surface area (Å²) < 4.78 is 14.1. The Bertz CT molecular complexity index is 399. The lowest BCUT2D eigenvalue weighted by Crippen LogP contribution is -2.42. The lowest BCUT2D eigenvalue weighted by Gasteiger charge is -2.34. The van der Waals surface area contributed by atoms with Crippen LogP contribution >= 0.6 is 15.9 Å². The fourth-order valence-electron chi connectivity index (χ4n) is 2.16. The molecule has 4 heteroatoms. The van der Waals surface area contributed by atoms with Gasteiger partial charge in [-0.15, -0.1) is 0 Å². The maximum Gasteiger partial charge on any atom is 0.123 e. The predicted molar refractivity (Wildman–Crippen MR) is 69.2 cm³/mol. The highest BCUT2D eigenvalue weighted by Crippen LogP contribution is 2.23. The van der Waals surface area contributed by atoms with Crippen LogP contribution in [0.1, 0.15) is 18.9 Å². The molecule has 1 heterocycles. The van der Waals surface area contributed by atoms with E-state index in [2.05, 4.69) is 27.8 Å². The Morgan fingerprint density at radius 1 is 1.53 bits per heavy atom. The van der Waals surface area contributed by atoms with Crippen molar-refractivity contribution in [2.75, 3.05) is 13.1 Å². The van der Waals surface area contributed by atoms with Gasteiger partial charge in [-0.25, -0.2) is 4.39 Å². The minimum Gasteiger partial charge on any atom is -0.392 e. The molecule has 94 valence electrons. The maximum absolute atomic E-state index is 13.2. The van der Waals surface area contributed by atoms with Crippen molar-refractivity contribution in [3.63, 3.8) is 0 Å². The second-order valence-electron chi connectivity index (χ2n) is 4.80. The van der Waals surface area contributed by atoms with Crippen molar-refractivity contribution in [1.82, 2.24) is 4.90 Å². The number of likely N-dealkylation sites (tertiary alicyclic amines) is 1. The summed E-state index contributed by atoms with van der Waals surface area (Å²) in [6.07, 6.45) is 0.727. The van der Waals surface area contributed by atoms with E-state index in [1.165, 1.54) is 6.07 Å². The lowest BCUT2D eigenvalue weighted by atomic mass is 9.96. The van der Waals surface area contributed by atoms with E-state index >= 15 is 0 Å². The van der Waals surface area contributed by atoms with Gasteiger partial charge in [0.1, 0.15) is 5.82 Å². The van der Waals surface area contributed by atoms with Crippen LogP contribution in [0.3, 0.4) is 0 Å². The smallest absolute Gasteiger partial charge is 0.123 e. The number of β-amino-alcohol motifs (C(OH)–C–C–N with tert-alkyl or cyclic N) is 1. The topological polar surface area (TPSA) is 23.5 Å². The van der Waals surface area contributed by atoms with Crippen LogP contribution in [0.25, 0.3) is 0 Å². The van der Waals surface area contributed by atoms with E-state index in [1.54, 1.807) is 12.1 Å². The van der Waals surface area contributed by atoms with Crippen LogP contribution in [-0.4, -0.2) is 29.2 Å². The van der Waals surface area contributed by atoms with E-state index < -0.39 is 0 Å². The Labute approximate surface area is 110 Å². The summed E-state index contributed by atoms with van der Waals surface area (Å²) in [6.45, 7) is 4.38. The number of aliphatic hydroxyl groups is 1. The molecule has 1 aromatic rings. The number of piperidine rings is 1. The number of nitrogens with zero attached hydrogens (tertiary/aromatic N) is 1. The van der Waals surface area contributed by atoms with Gasteiger partial charge >= 0.3 is 0 Å². The normalized spacial score (nSPS) is 26.1. The molecule has 2 atom stereocenters. The number of benzene rings is 1. The molecule has 0 radical (unpaired) electrons. The van der Waals surface area contributed by atoms with Crippen molar-refractivity contribution >= 4 is 15.9 Å². The van der Waals surface area contributed by atoms with Crippen molar-refractivity contribution < 1.29 is 9.50 Å². The minimum atomic E-state index is -0.268. The molecular weight excluding hydrogens is 285 g/mol. The Balaban J connectivity index is 2.03. The largest absolute Gasteiger partial charge is 0.392 e. The van der Waals surface area contributed by atoms with E-state index in [9.17, 15) is 9.50 Å². The third kappa shape index (κ3) is 3.27. The second-order valence-corrected chi connectivity index (χ2v) is 5.66. The number of hydrogen-bond donors (Lipinski definition) is 1. The first-order chi connectivity index (χ1) is 8.06. The van der Waals surface area contributed by atoms with E-state index in [0.717, 1.165) is 23.0 Å². The van der Waals surface area contributed by atoms with Gasteiger partial charge in [0, 0.05) is 17.6 Å². The van der Waals surface area contributed by atoms with Crippen molar-refractivity contribution in [3.8, 4) is 0 Å². The van der Waals surface area contributed by atoms with Crippen molar-refractivity contribution in [1.29, 1.82) is 0 Å². The summed E-state index contributed by atoms with van der Waals surface area (Å²) in [4.78, 5) is 2.17. The number of hydrogen-bond acceptors (Lipinski definition) is 2. The van der Waals surface area contributed by atoms with Gasteiger partial charge in [-0.1, -0.05) is 22.9 Å². The molecule has 0 aromatic heterocycles. The summed E-state index contributed by atoms with van der Waals surface area (Å²) in [5, 5.41) is 9.82. The molecule has 0 aliphatic carbocycles. The number of halogens is 2. The number of rotatable bonds is 2. The molecule has 0 saturated carbocycles. The van der Waals surface area contributed by atoms with Gasteiger partial charge in [-0.05, 0) is 42.6 Å². The van der Waals surface area contributed by atoms with E-state index in [4.69, 9.17) is 0 Å². The highest BCUT2D eigenvalue weighted by molar-refractivity contribution is 9.10. The minimum absolute atomic E-state index is 0.214. The predicted octanol–water partition coefficient (Wildman–Crippen LogP) is 2.79. The molecule has 1 aromatic carbocycles. The van der Waals surface area contributed by atoms with Crippen LogP contribution in [0.15, 0.2) is 22.7 Å². The Kier molecular flexibility index (Phi) is 4.17. The van der Waals surface area contributed by atoms with Crippen LogP contribution in [-0.2, 0) is 6.54 Å². The van der Waals surface area contributed by atoms with Crippen LogP contribution in [0, 0.1) is 11.7 Å². The SMILES string of the molecule is CC1CCN(Cc2cc(F)ccc2Br)CC1O. The Hall–Kier alpha value is -0.450. The highest BCUT2D eigenvalue weighted by Gasteiger charge is 2.24. The first kappa shape index (κ1) is 13.0. The van der Waals surface area contributed by atoms with Crippen LogP contribution < -0.4 is 0 Å². The number of aliphatic hydroxyl groups excluding tert-OH is 1. The zero-order valence-electron chi connectivity index (χ0n) is 9.87. The summed E-state index contributed by atoms with van der Waals surface area (Å²) in [7, 11) is 0. The second kappa shape index (κ2) is 5.46. The van der Waals surface area contributed by atoms with Gasteiger partial charge in [0.15, 0.2) is 0 Å². The molecular formula is C13H17BrFNO. The van der Waals surface area contributed by atoms with Gasteiger partial charge in [0.05, 0.1) is 6.10 Å². The molecule has 2 nitrogen and oxygen atoms in total. The lowest BCUT2D eigenvalue weighted by molar-refractivity contribution is 0.0258. The van der Waals surface area contributed by atoms with Gasteiger partial charge in [-0.2, -0.15) is 0 Å². The third-order valence-electron chi connectivity index (χ3n) is 3.40. The average molecular weight is 302 g/mol. The molecule has 0 bridgehead atoms. The van der Waals surface area contributed by atoms with Crippen molar-refractivity contribution in [3.05, 3.63) is 34.1 Å². The maximum atomic E-state index is 13.2. The molecule has 17 heavy (non-hydrogen) atoms. The van der Waals surface area contributed by atoms with Crippen molar-refractivity contribution in [2.24, 2.45) is 5.92 Å². The van der Waals surface area contributed by atoms with Gasteiger partial charge in [0.2, 0.25) is 0 Å². The van der Waals surface area contributed by atoms with Gasteiger partial charge in [-0.3, -0.25) is 4.90 Å². The first-order valence-corrected chi connectivity index (χ1v) is 6.70. The highest BCUT2D eigenvalue weighted by atomic mass is 79.9. The fourth-order valence-corrected chi connectivity index (χ4v) is 2.54. The Morgan fingerprint density at radius 2 is 2.29 bits per heavy atom. The van der Waals surface area contributed by atoms with E-state index in [0.29, 0.717) is 19.0 Å². The van der Waals surface area contributed by atoms with E-state index in [1.807, 2.05) is 0 Å². The molecule has 0 amide bonds. The third-order valence-corrected chi connectivity index (χ3v) is 4.18. The average Bonchev–Trinajstić information content (AvgIpc) is 2.29. The molecule has 2 rings (SSSR count). The fraction of sp³-hybridized carbons (Fsp3) is 0.538. The van der Waals surface area contributed by atoms with E-state index in [-0.39, 0.29) is 11.9 Å². The molecule has 0 spiro atoms. The van der Waals surface area contributed by atoms with Gasteiger partial charge in [0.25, 0.3) is 0 Å².